The van der Waals surface area contributed by atoms with Gasteiger partial charge in [0.15, 0.2) is 29.5 Å². The number of azide groups is 1. The molecule has 85 heavy (non-hydrogen) atoms. The van der Waals surface area contributed by atoms with Crippen molar-refractivity contribution in [3.8, 4) is 0 Å². The number of aliphatic hydroxyl groups is 3. The average Bonchev–Trinajstić information content (AvgIpc) is 0.927. The second-order valence-electron chi connectivity index (χ2n) is 21.2. The Morgan fingerprint density at radius 2 is 0.812 bits per heavy atom. The molecule has 0 spiro atoms. The minimum absolute atomic E-state index is 0.194. The number of quaternary nitrogens is 1. The first kappa shape index (κ1) is 71.6. The third-order valence-corrected chi connectivity index (χ3v) is 19.4. The predicted octanol–water partition coefficient (Wildman–Crippen LogP) is 11.4. The molecule has 466 valence electrons. The summed E-state index contributed by atoms with van der Waals surface area (Å²) in [6.45, 7) is 10.1. The van der Waals surface area contributed by atoms with E-state index in [1.807, 2.05) is 20.8 Å². The van der Waals surface area contributed by atoms with Crippen LogP contribution >= 0.6 is 11.6 Å². The maximum atomic E-state index is 12.7. The lowest BCUT2D eigenvalue weighted by Crippen LogP contribution is -2.50. The summed E-state index contributed by atoms with van der Waals surface area (Å²) in [4.78, 5) is 12.4. The molecule has 0 fully saturated rings. The molecule has 15 nitrogen and oxygen atoms in total. The number of aliphatic carboxylic acids is 1. The number of unbranched alkanes of at least 4 members (excludes halogenated alkanes) is 7. The smallest absolute Gasteiger partial charge is 0.180 e. The van der Waals surface area contributed by atoms with Crippen molar-refractivity contribution in [1.29, 1.82) is 0 Å². The number of hydrogen-bond acceptors (Lipinski definition) is 12. The maximum absolute atomic E-state index is 12.7. The Morgan fingerprint density at radius 3 is 1.13 bits per heavy atom. The van der Waals surface area contributed by atoms with E-state index in [0.29, 0.717) is 32.2 Å². The van der Waals surface area contributed by atoms with Crippen molar-refractivity contribution in [1.82, 2.24) is 0 Å². The fourth-order valence-electron chi connectivity index (χ4n) is 9.39. The van der Waals surface area contributed by atoms with Crippen molar-refractivity contribution >= 4 is 47.1 Å². The van der Waals surface area contributed by atoms with Gasteiger partial charge in [0.2, 0.25) is 0 Å². The number of carboxylic acids is 1. The summed E-state index contributed by atoms with van der Waals surface area (Å²) in [5.74, 6) is -1.76. The number of aliphatic hydroxyl groups excluding tert-OH is 3. The number of benzene rings is 6. The van der Waals surface area contributed by atoms with Crippen molar-refractivity contribution in [3.05, 3.63) is 207 Å². The minimum atomic E-state index is -3.49. The van der Waals surface area contributed by atoms with Gasteiger partial charge < -0.3 is 31.0 Å². The van der Waals surface area contributed by atoms with Crippen molar-refractivity contribution in [2.45, 2.75) is 163 Å². The average molecular weight is 1250 g/mol. The Morgan fingerprint density at radius 1 is 0.529 bits per heavy atom. The Hall–Kier alpha value is -5.92. The van der Waals surface area contributed by atoms with Crippen LogP contribution in [0, 0.1) is 27.7 Å². The molecule has 0 bridgehead atoms. The molecule has 6 N–H and O–H groups in total. The molecule has 0 heterocycles. The number of alkyl halides is 1. The molecular weight excluding hydrogens is 1160 g/mol. The first-order chi connectivity index (χ1) is 41.2. The van der Waals surface area contributed by atoms with E-state index in [1.54, 1.807) is 72.8 Å². The molecule has 0 aliphatic heterocycles. The number of carbonyl (C=O) groups excluding carboxylic acids is 1. The first-order valence-electron chi connectivity index (χ1n) is 29.9. The van der Waals surface area contributed by atoms with Gasteiger partial charge in [-0.1, -0.05) is 194 Å². The highest BCUT2D eigenvalue weighted by molar-refractivity contribution is 7.92. The third-order valence-electron chi connectivity index (χ3n) is 13.9. The zero-order chi connectivity index (χ0) is 64.9. The molecule has 0 aliphatic carbocycles. The van der Waals surface area contributed by atoms with Crippen molar-refractivity contribution in [3.63, 3.8) is 0 Å². The van der Waals surface area contributed by atoms with Crippen molar-refractivity contribution in [2.24, 2.45) is 5.11 Å². The van der Waals surface area contributed by atoms with Gasteiger partial charge in [-0.05, 0) is 138 Å². The quantitative estimate of drug-likeness (QED) is 0.00821. The van der Waals surface area contributed by atoms with Crippen LogP contribution in [0.4, 0.5) is 0 Å². The lowest BCUT2D eigenvalue weighted by molar-refractivity contribution is -0.368. The van der Waals surface area contributed by atoms with Crippen LogP contribution in [0.5, 0.6) is 0 Å². The molecule has 0 aromatic heterocycles. The highest BCUT2D eigenvalue weighted by Crippen LogP contribution is 2.43. The summed E-state index contributed by atoms with van der Waals surface area (Å²) >= 11 is 4.61. The Balaban J connectivity index is 0.000000453. The Bertz CT molecular complexity index is 3210. The molecule has 3 unspecified atom stereocenters. The van der Waals surface area contributed by atoms with E-state index in [2.05, 4.69) is 119 Å². The van der Waals surface area contributed by atoms with Crippen molar-refractivity contribution in [2.75, 3.05) is 36.7 Å². The minimum Gasteiger partial charge on any atom is -0.550 e. The number of halogens is 1. The van der Waals surface area contributed by atoms with Crippen LogP contribution in [-0.4, -0.2) is 102 Å². The van der Waals surface area contributed by atoms with E-state index in [-0.39, 0.29) is 37.4 Å². The molecular formula is C66H91ClN4O11S3. The van der Waals surface area contributed by atoms with E-state index in [0.717, 1.165) is 94.4 Å². The number of nitrogens with zero attached hydrogens (tertiary/aromatic N) is 3. The summed E-state index contributed by atoms with van der Waals surface area (Å²) in [7, 11) is -10.3. The van der Waals surface area contributed by atoms with E-state index in [4.69, 9.17) is 18.2 Å². The zero-order valence-electron chi connectivity index (χ0n) is 52.0. The standard InChI is InChI=1S/C35H40O3S.C14H21N3O3S.C14H23NO3S.C2H4O2.CH3Cl/c1-28-18-22-32(23-19-28)35(30-13-7-5-8-14-30,31-15-9-6-10-16-31)26-12-4-3-11-17-33(36)27-39(37,38)34-24-20-29(2)21-25-34;1-12-6-8-14(9-7-12)21(19,20)11-13(18)5-3-2-4-10-16-17-15;1-12-6-8-14(9-7-12)19(17,18)11-13(16)5-3-2-4-10-15;1-2(3)4;1-2/h5-10,13-16,18-25,33,36H,3-4,11-12,17,26-27H2,1-2H3;6-9,13,18H,2-5,10-11H2,1H3;6-9,13,16H,2-5,10-11,15H2,1H3;1H3,(H,3,4);1H3/i;;;;1T2. The molecule has 0 amide bonds. The van der Waals surface area contributed by atoms with Gasteiger partial charge in [0.05, 0.1) is 56.8 Å². The van der Waals surface area contributed by atoms with E-state index < -0.39 is 60.1 Å². The number of hydrogen-bond donors (Lipinski definition) is 4. The van der Waals surface area contributed by atoms with Crippen LogP contribution < -0.4 is 10.8 Å². The monoisotopic (exact) mass is 1250 g/mol. The lowest BCUT2D eigenvalue weighted by atomic mass is 9.66. The Labute approximate surface area is 514 Å². The normalized spacial score (nSPS) is 12.7. The fraction of sp³-hybridized carbons (Fsp3) is 0.439. The summed E-state index contributed by atoms with van der Waals surface area (Å²) in [6, 6.07) is 50.7. The number of carboxylic acid groups (broad SMARTS) is 1. The summed E-state index contributed by atoms with van der Waals surface area (Å²) in [6.07, 6.45) is 7.67. The van der Waals surface area contributed by atoms with Gasteiger partial charge in [0.25, 0.3) is 0 Å². The molecule has 0 radical (unpaired) electrons. The highest BCUT2D eigenvalue weighted by Gasteiger charge is 2.35. The SMILES string of the molecule is CC(=O)[O-].Cc1ccc(C(CCCCCCC(O)CS(=O)(=O)c2ccc(C)cc2)(c2ccccc2)c2ccccc2)cc1.Cc1ccc(S(=O)(=O)CC(O)CCCCCN=[N+]=[N-])cc1.Cc1ccc(S(=O)(=O)CC(O)CCCCC[NH3+])cc1.[3H]C([3H])Cl. The first-order valence-corrected chi connectivity index (χ1v) is 34.1. The Kier molecular flexibility index (Phi) is 34.1. The number of carbonyl (C=O) groups is 1. The van der Waals surface area contributed by atoms with Gasteiger partial charge in [-0.3, -0.25) is 0 Å². The van der Waals surface area contributed by atoms with Gasteiger partial charge in [-0.2, -0.15) is 0 Å². The third kappa shape index (κ3) is 28.9. The van der Waals surface area contributed by atoms with Crippen LogP contribution in [-0.2, 0) is 39.7 Å². The second-order valence-corrected chi connectivity index (χ2v) is 27.3. The highest BCUT2D eigenvalue weighted by atomic mass is 35.5. The number of aryl methyl sites for hydroxylation is 4. The maximum Gasteiger partial charge on any atom is 0.180 e. The number of rotatable bonds is 30. The fourth-order valence-corrected chi connectivity index (χ4v) is 13.6. The lowest BCUT2D eigenvalue weighted by Gasteiger charge is -2.36. The second kappa shape index (κ2) is 40.5. The molecule has 19 heteroatoms. The van der Waals surface area contributed by atoms with Crippen LogP contribution in [0.15, 0.2) is 178 Å². The molecule has 3 atom stereocenters. The molecule has 6 aromatic carbocycles. The molecule has 0 saturated heterocycles. The molecule has 0 aliphatic rings. The summed E-state index contributed by atoms with van der Waals surface area (Å²) in [5, 5.41) is 42.4. The van der Waals surface area contributed by atoms with Gasteiger partial charge in [0.1, 0.15) is 0 Å². The molecule has 0 saturated carbocycles. The summed E-state index contributed by atoms with van der Waals surface area (Å²) < 4.78 is 85.7. The largest absolute Gasteiger partial charge is 0.550 e. The van der Waals surface area contributed by atoms with Crippen LogP contribution in [0.25, 0.3) is 10.4 Å². The van der Waals surface area contributed by atoms with Gasteiger partial charge in [-0.25, -0.2) is 25.3 Å². The predicted molar refractivity (Wildman–Crippen MR) is 341 cm³/mol. The van der Waals surface area contributed by atoms with Gasteiger partial charge in [-0.15, -0.1) is 11.6 Å². The van der Waals surface area contributed by atoms with Gasteiger partial charge in [0, 0.05) is 31.9 Å². The van der Waals surface area contributed by atoms with E-state index in [9.17, 15) is 40.6 Å². The molecule has 6 rings (SSSR count). The van der Waals surface area contributed by atoms with Crippen LogP contribution in [0.1, 0.15) is 139 Å². The van der Waals surface area contributed by atoms with Gasteiger partial charge >= 0.3 is 0 Å². The van der Waals surface area contributed by atoms with E-state index >= 15 is 0 Å². The topological polar surface area (TPSA) is 280 Å². The van der Waals surface area contributed by atoms with Crippen LogP contribution in [0.2, 0.25) is 0 Å². The molecule has 6 aromatic rings. The number of sulfone groups is 3. The van der Waals surface area contributed by atoms with Crippen LogP contribution in [0.3, 0.4) is 0 Å². The zero-order valence-corrected chi connectivity index (χ0v) is 53.2. The van der Waals surface area contributed by atoms with Crippen molar-refractivity contribution < 1.29 is 58.9 Å². The van der Waals surface area contributed by atoms with E-state index in [1.165, 1.54) is 22.3 Å². The summed E-state index contributed by atoms with van der Waals surface area (Å²) in [5.41, 5.74) is 19.8.